The lowest BCUT2D eigenvalue weighted by Gasteiger charge is -2.26. The minimum atomic E-state index is 0.285. The molecule has 1 aromatic heterocycles. The van der Waals surface area contributed by atoms with E-state index in [2.05, 4.69) is 29.9 Å². The molecule has 0 amide bonds. The normalized spacial score (nSPS) is 10.0. The molecule has 0 saturated carbocycles. The molecule has 0 aliphatic rings. The van der Waals surface area contributed by atoms with Crippen molar-refractivity contribution in [3.8, 4) is 6.07 Å². The Kier molecular flexibility index (Phi) is 3.86. The smallest absolute Gasteiger partial charge is 0.134 e. The van der Waals surface area contributed by atoms with Crippen LogP contribution in [-0.4, -0.2) is 22.6 Å². The molecule has 0 saturated heterocycles. The molecule has 15 heavy (non-hydrogen) atoms. The Balaban J connectivity index is 2.84. The number of nitriles is 1. The summed E-state index contributed by atoms with van der Waals surface area (Å²) in [5, 5.41) is 8.56. The summed E-state index contributed by atoms with van der Waals surface area (Å²) in [5.41, 5.74) is 5.58. The number of anilines is 2. The quantitative estimate of drug-likeness (QED) is 0.798. The fourth-order valence-electron chi connectivity index (χ4n) is 1.33. The van der Waals surface area contributed by atoms with Gasteiger partial charge < -0.3 is 10.6 Å². The summed E-state index contributed by atoms with van der Waals surface area (Å²) in [4.78, 5) is 10.0. The van der Waals surface area contributed by atoms with Gasteiger partial charge in [-0.3, -0.25) is 0 Å². The van der Waals surface area contributed by atoms with E-state index in [4.69, 9.17) is 11.0 Å². The van der Waals surface area contributed by atoms with Crippen LogP contribution in [0.2, 0.25) is 0 Å². The SMILES string of the molecule is CC(C)N(CCC#N)c1cc(N)ncn1. The number of nitrogens with zero attached hydrogens (tertiary/aromatic N) is 4. The maximum Gasteiger partial charge on any atom is 0.134 e. The van der Waals surface area contributed by atoms with Crippen molar-refractivity contribution < 1.29 is 0 Å². The van der Waals surface area contributed by atoms with Gasteiger partial charge in [0.2, 0.25) is 0 Å². The van der Waals surface area contributed by atoms with E-state index in [1.54, 1.807) is 6.07 Å². The molecule has 0 aliphatic heterocycles. The number of hydrogen-bond donors (Lipinski definition) is 1. The van der Waals surface area contributed by atoms with Crippen LogP contribution in [0.25, 0.3) is 0 Å². The monoisotopic (exact) mass is 205 g/mol. The summed E-state index contributed by atoms with van der Waals surface area (Å²) < 4.78 is 0. The van der Waals surface area contributed by atoms with E-state index in [1.807, 2.05) is 4.90 Å². The Hall–Kier alpha value is -1.83. The van der Waals surface area contributed by atoms with Crippen LogP contribution in [0.4, 0.5) is 11.6 Å². The fraction of sp³-hybridized carbons (Fsp3) is 0.500. The van der Waals surface area contributed by atoms with Gasteiger partial charge in [-0.15, -0.1) is 0 Å². The third kappa shape index (κ3) is 3.09. The van der Waals surface area contributed by atoms with Crippen molar-refractivity contribution in [2.45, 2.75) is 26.3 Å². The van der Waals surface area contributed by atoms with Crippen molar-refractivity contribution in [3.05, 3.63) is 12.4 Å². The number of nitrogen functional groups attached to an aromatic ring is 1. The lowest BCUT2D eigenvalue weighted by atomic mass is 10.3. The molecule has 1 rings (SSSR count). The Labute approximate surface area is 89.6 Å². The Morgan fingerprint density at radius 1 is 1.53 bits per heavy atom. The van der Waals surface area contributed by atoms with E-state index < -0.39 is 0 Å². The third-order valence-electron chi connectivity index (χ3n) is 2.06. The zero-order valence-electron chi connectivity index (χ0n) is 9.01. The molecule has 0 fully saturated rings. The fourth-order valence-corrected chi connectivity index (χ4v) is 1.33. The van der Waals surface area contributed by atoms with Crippen LogP contribution in [0.5, 0.6) is 0 Å². The zero-order valence-corrected chi connectivity index (χ0v) is 9.01. The van der Waals surface area contributed by atoms with Gasteiger partial charge in [0.25, 0.3) is 0 Å². The second-order valence-electron chi connectivity index (χ2n) is 3.50. The molecule has 0 unspecified atom stereocenters. The zero-order chi connectivity index (χ0) is 11.3. The maximum atomic E-state index is 8.56. The molecule has 0 radical (unpaired) electrons. The standard InChI is InChI=1S/C10H15N5/c1-8(2)15(5-3-4-11)10-6-9(12)13-7-14-10/h6-8H,3,5H2,1-2H3,(H2,12,13,14). The van der Waals surface area contributed by atoms with Gasteiger partial charge >= 0.3 is 0 Å². The summed E-state index contributed by atoms with van der Waals surface area (Å²) >= 11 is 0. The molecule has 0 atom stereocenters. The molecular weight excluding hydrogens is 190 g/mol. The first kappa shape index (κ1) is 11.2. The van der Waals surface area contributed by atoms with Gasteiger partial charge in [-0.25, -0.2) is 9.97 Å². The second-order valence-corrected chi connectivity index (χ2v) is 3.50. The molecule has 5 nitrogen and oxygen atoms in total. The van der Waals surface area contributed by atoms with Crippen LogP contribution in [0.15, 0.2) is 12.4 Å². The summed E-state index contributed by atoms with van der Waals surface area (Å²) in [7, 11) is 0. The van der Waals surface area contributed by atoms with Crippen molar-refractivity contribution >= 4 is 11.6 Å². The molecule has 0 spiro atoms. The number of nitrogens with two attached hydrogens (primary N) is 1. The first-order valence-corrected chi connectivity index (χ1v) is 4.86. The molecule has 0 aromatic carbocycles. The van der Waals surface area contributed by atoms with E-state index in [1.165, 1.54) is 6.33 Å². The minimum absolute atomic E-state index is 0.285. The van der Waals surface area contributed by atoms with Crippen LogP contribution < -0.4 is 10.6 Å². The van der Waals surface area contributed by atoms with Gasteiger partial charge in [0.15, 0.2) is 0 Å². The average molecular weight is 205 g/mol. The van der Waals surface area contributed by atoms with E-state index >= 15 is 0 Å². The number of rotatable bonds is 4. The molecule has 5 heteroatoms. The predicted molar refractivity (Wildman–Crippen MR) is 59.2 cm³/mol. The Bertz CT molecular complexity index is 355. The summed E-state index contributed by atoms with van der Waals surface area (Å²) in [6.07, 6.45) is 1.91. The van der Waals surface area contributed by atoms with Crippen LogP contribution in [0.1, 0.15) is 20.3 Å². The highest BCUT2D eigenvalue weighted by atomic mass is 15.2. The minimum Gasteiger partial charge on any atom is -0.384 e. The van der Waals surface area contributed by atoms with Crippen molar-refractivity contribution in [1.82, 2.24) is 9.97 Å². The van der Waals surface area contributed by atoms with Gasteiger partial charge in [-0.05, 0) is 13.8 Å². The molecular formula is C10H15N5. The van der Waals surface area contributed by atoms with Gasteiger partial charge in [-0.2, -0.15) is 5.26 Å². The van der Waals surface area contributed by atoms with E-state index in [9.17, 15) is 0 Å². The van der Waals surface area contributed by atoms with Crippen LogP contribution in [0.3, 0.4) is 0 Å². The van der Waals surface area contributed by atoms with E-state index in [0.717, 1.165) is 5.82 Å². The molecule has 0 bridgehead atoms. The van der Waals surface area contributed by atoms with Crippen LogP contribution >= 0.6 is 0 Å². The Morgan fingerprint density at radius 3 is 2.80 bits per heavy atom. The third-order valence-corrected chi connectivity index (χ3v) is 2.06. The molecule has 1 aromatic rings. The van der Waals surface area contributed by atoms with Gasteiger partial charge in [0.05, 0.1) is 12.5 Å². The van der Waals surface area contributed by atoms with Crippen molar-refractivity contribution in [1.29, 1.82) is 5.26 Å². The molecule has 0 aliphatic carbocycles. The summed E-state index contributed by atoms with van der Waals surface area (Å²) in [6.45, 7) is 4.76. The van der Waals surface area contributed by atoms with Gasteiger partial charge in [-0.1, -0.05) is 0 Å². The highest BCUT2D eigenvalue weighted by molar-refractivity contribution is 5.46. The van der Waals surface area contributed by atoms with Crippen LogP contribution in [-0.2, 0) is 0 Å². The van der Waals surface area contributed by atoms with E-state index in [-0.39, 0.29) is 6.04 Å². The van der Waals surface area contributed by atoms with Crippen molar-refractivity contribution in [3.63, 3.8) is 0 Å². The topological polar surface area (TPSA) is 78.8 Å². The largest absolute Gasteiger partial charge is 0.384 e. The second kappa shape index (κ2) is 5.15. The van der Waals surface area contributed by atoms with Gasteiger partial charge in [0.1, 0.15) is 18.0 Å². The average Bonchev–Trinajstić information content (AvgIpc) is 2.18. The van der Waals surface area contributed by atoms with Crippen molar-refractivity contribution in [2.75, 3.05) is 17.2 Å². The van der Waals surface area contributed by atoms with Crippen LogP contribution in [0, 0.1) is 11.3 Å². The van der Waals surface area contributed by atoms with Crippen molar-refractivity contribution in [2.24, 2.45) is 0 Å². The predicted octanol–water partition coefficient (Wildman–Crippen LogP) is 1.19. The molecule has 80 valence electrons. The first-order chi connectivity index (χ1) is 7.15. The number of hydrogen-bond acceptors (Lipinski definition) is 5. The van der Waals surface area contributed by atoms with E-state index in [0.29, 0.717) is 18.8 Å². The first-order valence-electron chi connectivity index (χ1n) is 4.86. The molecule has 1 heterocycles. The highest BCUT2D eigenvalue weighted by Gasteiger charge is 2.11. The summed E-state index contributed by atoms with van der Waals surface area (Å²) in [5.74, 6) is 1.22. The highest BCUT2D eigenvalue weighted by Crippen LogP contribution is 2.15. The molecule has 2 N–H and O–H groups in total. The Morgan fingerprint density at radius 2 is 2.27 bits per heavy atom. The maximum absolute atomic E-state index is 8.56. The van der Waals surface area contributed by atoms with Gasteiger partial charge in [0, 0.05) is 18.7 Å². The lowest BCUT2D eigenvalue weighted by molar-refractivity contribution is 0.676. The summed E-state index contributed by atoms with van der Waals surface area (Å²) in [6, 6.07) is 4.13. The lowest BCUT2D eigenvalue weighted by Crippen LogP contribution is -2.32. The number of aromatic nitrogens is 2.